The number of sulfone groups is 1. The maximum absolute atomic E-state index is 12.2. The van der Waals surface area contributed by atoms with Gasteiger partial charge in [-0.15, -0.1) is 0 Å². The van der Waals surface area contributed by atoms with Crippen molar-refractivity contribution < 1.29 is 17.9 Å². The van der Waals surface area contributed by atoms with Gasteiger partial charge >= 0.3 is 0 Å². The fourth-order valence-electron chi connectivity index (χ4n) is 2.24. The minimum absolute atomic E-state index is 0.0823. The molecule has 0 unspecified atom stereocenters. The van der Waals surface area contributed by atoms with Gasteiger partial charge in [0.25, 0.3) is 5.91 Å². The van der Waals surface area contributed by atoms with Gasteiger partial charge in [-0.25, -0.2) is 8.42 Å². The second-order valence-corrected chi connectivity index (χ2v) is 8.40. The lowest BCUT2D eigenvalue weighted by Crippen LogP contribution is -2.25. The summed E-state index contributed by atoms with van der Waals surface area (Å²) in [6.07, 6.45) is 0.705. The molecule has 0 aliphatic carbocycles. The minimum atomic E-state index is -3.38. The summed E-state index contributed by atoms with van der Waals surface area (Å²) in [7, 11) is -1.93. The highest BCUT2D eigenvalue weighted by Crippen LogP contribution is 2.16. The van der Waals surface area contributed by atoms with Crippen LogP contribution in [0.4, 0.5) is 0 Å². The average molecular weight is 426 g/mol. The summed E-state index contributed by atoms with van der Waals surface area (Å²) in [5.41, 5.74) is 1.54. The van der Waals surface area contributed by atoms with Crippen molar-refractivity contribution in [1.82, 2.24) is 5.32 Å². The third-order valence-corrected chi connectivity index (χ3v) is 6.14. The van der Waals surface area contributed by atoms with E-state index >= 15 is 0 Å². The molecule has 0 saturated carbocycles. The fourth-order valence-corrected chi connectivity index (χ4v) is 3.89. The number of hydrogen-bond donors (Lipinski definition) is 1. The van der Waals surface area contributed by atoms with Crippen LogP contribution in [0.5, 0.6) is 0 Å². The zero-order valence-electron chi connectivity index (χ0n) is 13.9. The van der Waals surface area contributed by atoms with Gasteiger partial charge in [-0.3, -0.25) is 4.79 Å². The second-order valence-electron chi connectivity index (χ2n) is 5.43. The predicted molar refractivity (Wildman–Crippen MR) is 101 cm³/mol. The summed E-state index contributed by atoms with van der Waals surface area (Å²) in [4.78, 5) is 12.3. The molecule has 0 atom stereocenters. The third-order valence-electron chi connectivity index (χ3n) is 3.67. The first-order chi connectivity index (χ1) is 11.9. The number of halogens is 1. The lowest BCUT2D eigenvalue weighted by molar-refractivity contribution is 0.0954. The topological polar surface area (TPSA) is 72.5 Å². The molecule has 0 radical (unpaired) electrons. The molecule has 134 valence electrons. The Bertz CT molecular complexity index is 819. The first-order valence-corrected chi connectivity index (χ1v) is 10.2. The Kier molecular flexibility index (Phi) is 7.16. The van der Waals surface area contributed by atoms with E-state index < -0.39 is 9.84 Å². The standard InChI is InChI=1S/C18H20BrNO4S/c1-24-12-13-25(22,23)16-8-6-15(7-9-16)18(21)20-11-10-14-4-2-3-5-17(14)19/h2-9H,10-13H2,1H3,(H,20,21). The van der Waals surface area contributed by atoms with Crippen LogP contribution in [0.3, 0.4) is 0 Å². The first kappa shape index (κ1) is 19.6. The van der Waals surface area contributed by atoms with Crippen LogP contribution in [-0.4, -0.2) is 40.3 Å². The van der Waals surface area contributed by atoms with E-state index in [4.69, 9.17) is 4.74 Å². The van der Waals surface area contributed by atoms with Gasteiger partial charge in [-0.2, -0.15) is 0 Å². The Morgan fingerprint density at radius 2 is 1.80 bits per heavy atom. The van der Waals surface area contributed by atoms with Gasteiger partial charge in [0.15, 0.2) is 9.84 Å². The van der Waals surface area contributed by atoms with E-state index in [1.165, 1.54) is 31.4 Å². The Labute approximate surface area is 156 Å². The molecular formula is C18H20BrNO4S. The molecule has 0 aliphatic rings. The summed E-state index contributed by atoms with van der Waals surface area (Å²) >= 11 is 3.47. The van der Waals surface area contributed by atoms with Crippen LogP contribution in [0.15, 0.2) is 57.9 Å². The van der Waals surface area contributed by atoms with Crippen LogP contribution in [0.2, 0.25) is 0 Å². The van der Waals surface area contributed by atoms with E-state index in [-0.39, 0.29) is 23.2 Å². The summed E-state index contributed by atoms with van der Waals surface area (Å²) in [6.45, 7) is 0.634. The molecule has 2 rings (SSSR count). The molecule has 0 saturated heterocycles. The Hall–Kier alpha value is -1.70. The molecule has 0 aliphatic heterocycles. The number of benzene rings is 2. The number of carbonyl (C=O) groups excluding carboxylic acids is 1. The number of amides is 1. The summed E-state index contributed by atoms with van der Waals surface area (Å²) in [5, 5.41) is 2.84. The van der Waals surface area contributed by atoms with Gasteiger partial charge in [-0.05, 0) is 42.3 Å². The van der Waals surface area contributed by atoms with Gasteiger partial charge in [0.2, 0.25) is 0 Å². The van der Waals surface area contributed by atoms with Crippen LogP contribution >= 0.6 is 15.9 Å². The molecule has 1 amide bonds. The van der Waals surface area contributed by atoms with Gasteiger partial charge in [0.05, 0.1) is 17.3 Å². The number of nitrogens with one attached hydrogen (secondary N) is 1. The van der Waals surface area contributed by atoms with E-state index in [1.54, 1.807) is 0 Å². The van der Waals surface area contributed by atoms with Crippen molar-refractivity contribution in [2.75, 3.05) is 26.0 Å². The number of methoxy groups -OCH3 is 1. The zero-order chi connectivity index (χ0) is 18.3. The lowest BCUT2D eigenvalue weighted by atomic mass is 10.1. The second kappa shape index (κ2) is 9.12. The van der Waals surface area contributed by atoms with E-state index in [0.717, 1.165) is 10.0 Å². The highest BCUT2D eigenvalue weighted by Gasteiger charge is 2.15. The Balaban J connectivity index is 1.93. The highest BCUT2D eigenvalue weighted by molar-refractivity contribution is 9.10. The lowest BCUT2D eigenvalue weighted by Gasteiger charge is -2.08. The monoisotopic (exact) mass is 425 g/mol. The van der Waals surface area contributed by atoms with Crippen molar-refractivity contribution >= 4 is 31.7 Å². The van der Waals surface area contributed by atoms with Crippen molar-refractivity contribution in [3.63, 3.8) is 0 Å². The normalized spacial score (nSPS) is 11.3. The largest absolute Gasteiger partial charge is 0.384 e. The number of ether oxygens (including phenoxy) is 1. The van der Waals surface area contributed by atoms with Crippen molar-refractivity contribution in [2.24, 2.45) is 0 Å². The van der Waals surface area contributed by atoms with E-state index in [1.807, 2.05) is 24.3 Å². The molecule has 2 aromatic carbocycles. The maximum atomic E-state index is 12.2. The first-order valence-electron chi connectivity index (χ1n) is 7.77. The summed E-state index contributed by atoms with van der Waals surface area (Å²) in [5.74, 6) is -0.311. The van der Waals surface area contributed by atoms with E-state index in [0.29, 0.717) is 18.5 Å². The summed E-state index contributed by atoms with van der Waals surface area (Å²) < 4.78 is 29.9. The fraction of sp³-hybridized carbons (Fsp3) is 0.278. The molecule has 2 aromatic rings. The molecular weight excluding hydrogens is 406 g/mol. The molecule has 1 N–H and O–H groups in total. The molecule has 7 heteroatoms. The van der Waals surface area contributed by atoms with Crippen molar-refractivity contribution in [3.8, 4) is 0 Å². The van der Waals surface area contributed by atoms with Crippen molar-refractivity contribution in [1.29, 1.82) is 0 Å². The smallest absolute Gasteiger partial charge is 0.251 e. The quantitative estimate of drug-likeness (QED) is 0.705. The zero-order valence-corrected chi connectivity index (χ0v) is 16.3. The van der Waals surface area contributed by atoms with Crippen LogP contribution in [0.1, 0.15) is 15.9 Å². The van der Waals surface area contributed by atoms with Crippen LogP contribution in [0, 0.1) is 0 Å². The number of carbonyl (C=O) groups is 1. The molecule has 25 heavy (non-hydrogen) atoms. The molecule has 0 bridgehead atoms. The summed E-state index contributed by atoms with van der Waals surface area (Å²) in [6, 6.07) is 13.8. The molecule has 5 nitrogen and oxygen atoms in total. The predicted octanol–water partition coefficient (Wildman–Crippen LogP) is 2.84. The van der Waals surface area contributed by atoms with Gasteiger partial charge in [0.1, 0.15) is 0 Å². The molecule has 0 fully saturated rings. The van der Waals surface area contributed by atoms with E-state index in [2.05, 4.69) is 21.2 Å². The highest BCUT2D eigenvalue weighted by atomic mass is 79.9. The third kappa shape index (κ3) is 5.66. The Morgan fingerprint density at radius 3 is 2.44 bits per heavy atom. The number of rotatable bonds is 8. The van der Waals surface area contributed by atoms with Crippen molar-refractivity contribution in [2.45, 2.75) is 11.3 Å². The maximum Gasteiger partial charge on any atom is 0.251 e. The van der Waals surface area contributed by atoms with Gasteiger partial charge < -0.3 is 10.1 Å². The number of hydrogen-bond acceptors (Lipinski definition) is 4. The van der Waals surface area contributed by atoms with E-state index in [9.17, 15) is 13.2 Å². The SMILES string of the molecule is COCCS(=O)(=O)c1ccc(C(=O)NCCc2ccccc2Br)cc1. The van der Waals surface area contributed by atoms with Crippen LogP contribution in [0.25, 0.3) is 0 Å². The molecule has 0 aromatic heterocycles. The van der Waals surface area contributed by atoms with Crippen LogP contribution < -0.4 is 5.32 Å². The molecule has 0 spiro atoms. The Morgan fingerprint density at radius 1 is 1.12 bits per heavy atom. The van der Waals surface area contributed by atoms with Crippen molar-refractivity contribution in [3.05, 3.63) is 64.1 Å². The minimum Gasteiger partial charge on any atom is -0.384 e. The van der Waals surface area contributed by atoms with Gasteiger partial charge in [0, 0.05) is 23.7 Å². The average Bonchev–Trinajstić information content (AvgIpc) is 2.61. The molecule has 0 heterocycles. The van der Waals surface area contributed by atoms with Gasteiger partial charge in [-0.1, -0.05) is 34.1 Å². The van der Waals surface area contributed by atoms with Crippen LogP contribution in [-0.2, 0) is 21.0 Å².